The average molecular weight is 539 g/mol. The molecule has 0 saturated carbocycles. The zero-order valence-electron chi connectivity index (χ0n) is 22.7. The Kier molecular flexibility index (Phi) is 7.42. The minimum atomic E-state index is -1.45. The number of esters is 1. The molecule has 1 unspecified atom stereocenters. The van der Waals surface area contributed by atoms with Crippen molar-refractivity contribution in [2.24, 2.45) is 0 Å². The number of fused-ring (bicyclic) bond motifs is 1. The van der Waals surface area contributed by atoms with Crippen molar-refractivity contribution < 1.29 is 14.3 Å². The Bertz CT molecular complexity index is 1570. The van der Waals surface area contributed by atoms with Gasteiger partial charge >= 0.3 is 5.97 Å². The fraction of sp³-hybridized carbons (Fsp3) is 0.345. The monoisotopic (exact) mass is 538 g/mol. The third-order valence-corrected chi connectivity index (χ3v) is 7.41. The molecule has 4 aromatic rings. The highest BCUT2D eigenvalue weighted by atomic mass is 16.5. The largest absolute Gasteiger partial charge is 0.467 e. The number of nitrogens with one attached hydrogen (secondary N) is 1. The van der Waals surface area contributed by atoms with E-state index < -0.39 is 17.4 Å². The van der Waals surface area contributed by atoms with Gasteiger partial charge in [0.15, 0.2) is 5.54 Å². The lowest BCUT2D eigenvalue weighted by atomic mass is 9.87. The van der Waals surface area contributed by atoms with Crippen molar-refractivity contribution in [1.29, 1.82) is 5.26 Å². The van der Waals surface area contributed by atoms with Gasteiger partial charge in [-0.1, -0.05) is 49.7 Å². The number of aromatic amines is 1. The van der Waals surface area contributed by atoms with Crippen molar-refractivity contribution in [2.45, 2.75) is 51.5 Å². The van der Waals surface area contributed by atoms with Crippen LogP contribution in [0.5, 0.6) is 0 Å². The van der Waals surface area contributed by atoms with Gasteiger partial charge in [0.1, 0.15) is 12.2 Å². The third kappa shape index (κ3) is 4.51. The van der Waals surface area contributed by atoms with Crippen LogP contribution in [-0.4, -0.2) is 60.6 Å². The number of nitrogens with zero attached hydrogens (tertiary/aromatic N) is 7. The number of methoxy groups -OCH3 is 1. The van der Waals surface area contributed by atoms with Crippen molar-refractivity contribution in [1.82, 2.24) is 35.1 Å². The zero-order chi connectivity index (χ0) is 28.3. The van der Waals surface area contributed by atoms with E-state index in [4.69, 9.17) is 9.72 Å². The van der Waals surface area contributed by atoms with Crippen LogP contribution in [0, 0.1) is 11.3 Å². The summed E-state index contributed by atoms with van der Waals surface area (Å²) in [6, 6.07) is 17.7. The van der Waals surface area contributed by atoms with Gasteiger partial charge in [-0.3, -0.25) is 9.36 Å². The van der Waals surface area contributed by atoms with Crippen LogP contribution >= 0.6 is 0 Å². The van der Waals surface area contributed by atoms with Gasteiger partial charge in [0.05, 0.1) is 24.6 Å². The summed E-state index contributed by atoms with van der Waals surface area (Å²) in [6.07, 6.45) is 2.74. The second kappa shape index (κ2) is 11.1. The fourth-order valence-corrected chi connectivity index (χ4v) is 5.48. The maximum absolute atomic E-state index is 13.4. The normalized spacial score (nSPS) is 16.3. The first-order chi connectivity index (χ1) is 19.4. The van der Waals surface area contributed by atoms with Crippen LogP contribution < -0.4 is 0 Å². The van der Waals surface area contributed by atoms with E-state index in [2.05, 4.69) is 27.5 Å². The number of amides is 1. The van der Waals surface area contributed by atoms with Gasteiger partial charge in [0.25, 0.3) is 0 Å². The van der Waals surface area contributed by atoms with Crippen molar-refractivity contribution in [3.05, 3.63) is 65.7 Å². The highest BCUT2D eigenvalue weighted by Crippen LogP contribution is 2.40. The van der Waals surface area contributed by atoms with Gasteiger partial charge in [-0.05, 0) is 41.8 Å². The molecule has 3 heterocycles. The molecule has 0 fully saturated rings. The van der Waals surface area contributed by atoms with Crippen LogP contribution in [0.2, 0.25) is 0 Å². The van der Waals surface area contributed by atoms with E-state index in [1.54, 1.807) is 6.92 Å². The molecule has 1 N–H and O–H groups in total. The Morgan fingerprint density at radius 1 is 1.15 bits per heavy atom. The molecule has 0 spiro atoms. The van der Waals surface area contributed by atoms with Crippen molar-refractivity contribution in [2.75, 3.05) is 13.7 Å². The summed E-state index contributed by atoms with van der Waals surface area (Å²) in [7, 11) is 1.31. The van der Waals surface area contributed by atoms with Crippen LogP contribution in [0.4, 0.5) is 0 Å². The fourth-order valence-electron chi connectivity index (χ4n) is 5.48. The molecule has 40 heavy (non-hydrogen) atoms. The van der Waals surface area contributed by atoms with Gasteiger partial charge < -0.3 is 9.64 Å². The zero-order valence-corrected chi connectivity index (χ0v) is 22.7. The van der Waals surface area contributed by atoms with E-state index in [0.29, 0.717) is 24.4 Å². The molecule has 11 nitrogen and oxygen atoms in total. The van der Waals surface area contributed by atoms with E-state index in [9.17, 15) is 14.9 Å². The lowest BCUT2D eigenvalue weighted by molar-refractivity contribution is -0.163. The second-order valence-electron chi connectivity index (χ2n) is 9.78. The highest BCUT2D eigenvalue weighted by molar-refractivity contribution is 5.90. The summed E-state index contributed by atoms with van der Waals surface area (Å²) in [5.74, 6) is 0.323. The number of benzene rings is 2. The van der Waals surface area contributed by atoms with Gasteiger partial charge in [-0.25, -0.2) is 9.78 Å². The smallest absolute Gasteiger partial charge is 0.337 e. The number of rotatable bonds is 8. The number of tetrazole rings is 1. The number of carbonyl (C=O) groups is 2. The molecular formula is C29H30N8O3. The van der Waals surface area contributed by atoms with E-state index in [0.717, 1.165) is 46.7 Å². The lowest BCUT2D eigenvalue weighted by Crippen LogP contribution is -2.57. The minimum Gasteiger partial charge on any atom is -0.467 e. The van der Waals surface area contributed by atoms with Crippen LogP contribution in [0.3, 0.4) is 0 Å². The molecular weight excluding hydrogens is 508 g/mol. The molecule has 1 atom stereocenters. The predicted octanol–water partition coefficient (Wildman–Crippen LogP) is 3.75. The Labute approximate surface area is 231 Å². The van der Waals surface area contributed by atoms with E-state index in [-0.39, 0.29) is 13.0 Å². The van der Waals surface area contributed by atoms with Crippen LogP contribution in [0.1, 0.15) is 50.3 Å². The molecule has 2 aromatic carbocycles. The summed E-state index contributed by atoms with van der Waals surface area (Å²) in [6.45, 7) is 4.07. The van der Waals surface area contributed by atoms with Gasteiger partial charge in [-0.15, -0.1) is 10.2 Å². The molecule has 0 aliphatic carbocycles. The SMILES string of the molecule is CCCCc1nc2c(n1-c1ccc(-c3ccccc3-c3nn[nH]n3)cc1)C(C)(C(=O)OC)N(C(=O)CC#N)CC2. The Balaban J connectivity index is 1.65. The van der Waals surface area contributed by atoms with E-state index in [1.807, 2.05) is 59.2 Å². The summed E-state index contributed by atoms with van der Waals surface area (Å²) in [4.78, 5) is 32.9. The number of aromatic nitrogens is 6. The minimum absolute atomic E-state index is 0.273. The number of unbranched alkanes of at least 4 members (excludes halogenated alkanes) is 1. The number of H-pyrrole nitrogens is 1. The third-order valence-electron chi connectivity index (χ3n) is 7.41. The molecule has 0 bridgehead atoms. The molecule has 0 saturated heterocycles. The maximum Gasteiger partial charge on any atom is 0.337 e. The van der Waals surface area contributed by atoms with Crippen molar-refractivity contribution >= 4 is 11.9 Å². The van der Waals surface area contributed by atoms with E-state index >= 15 is 0 Å². The van der Waals surface area contributed by atoms with Crippen LogP contribution in [0.25, 0.3) is 28.2 Å². The van der Waals surface area contributed by atoms with Crippen molar-refractivity contribution in [3.63, 3.8) is 0 Å². The molecule has 1 aliphatic rings. The standard InChI is InChI=1S/C29H30N8O3/c1-4-5-10-24-31-23-16-18-36(25(38)15-17-30)29(2,28(39)40-3)26(23)37(24)20-13-11-19(12-14-20)21-8-6-7-9-22(21)27-32-34-35-33-27/h6-9,11-14H,4-5,10,15-16,18H2,1-3H3,(H,32,33,34,35). The lowest BCUT2D eigenvalue weighted by Gasteiger charge is -2.42. The summed E-state index contributed by atoms with van der Waals surface area (Å²) < 4.78 is 7.23. The Morgan fingerprint density at radius 2 is 1.90 bits per heavy atom. The Hall–Kier alpha value is -4.85. The Morgan fingerprint density at radius 3 is 2.55 bits per heavy atom. The first-order valence-corrected chi connectivity index (χ1v) is 13.2. The number of ether oxygens (including phenoxy) is 1. The van der Waals surface area contributed by atoms with Gasteiger partial charge in [-0.2, -0.15) is 10.5 Å². The predicted molar refractivity (Wildman–Crippen MR) is 146 cm³/mol. The molecule has 2 aromatic heterocycles. The second-order valence-corrected chi connectivity index (χ2v) is 9.78. The van der Waals surface area contributed by atoms with Crippen LogP contribution in [-0.2, 0) is 32.7 Å². The number of nitriles is 1. The average Bonchev–Trinajstić information content (AvgIpc) is 3.65. The number of carbonyl (C=O) groups excluding carboxylic acids is 2. The highest BCUT2D eigenvalue weighted by Gasteiger charge is 2.51. The quantitative estimate of drug-likeness (QED) is 0.334. The first-order valence-electron chi connectivity index (χ1n) is 13.2. The van der Waals surface area contributed by atoms with Gasteiger partial charge in [0.2, 0.25) is 11.7 Å². The number of imidazole rings is 1. The molecule has 1 aliphatic heterocycles. The molecule has 204 valence electrons. The number of aryl methyl sites for hydroxylation is 1. The first kappa shape index (κ1) is 26.7. The summed E-state index contributed by atoms with van der Waals surface area (Å²) in [5, 5.41) is 23.7. The topological polar surface area (TPSA) is 143 Å². The number of hydrogen-bond acceptors (Lipinski definition) is 8. The molecule has 5 rings (SSSR count). The van der Waals surface area contributed by atoms with E-state index in [1.165, 1.54) is 12.0 Å². The van der Waals surface area contributed by atoms with Crippen LogP contribution in [0.15, 0.2) is 48.5 Å². The van der Waals surface area contributed by atoms with Crippen molar-refractivity contribution in [3.8, 4) is 34.3 Å². The summed E-state index contributed by atoms with van der Waals surface area (Å²) in [5.41, 5.74) is 3.46. The molecule has 11 heteroatoms. The number of hydrogen-bond donors (Lipinski definition) is 1. The van der Waals surface area contributed by atoms with Gasteiger partial charge in [0, 0.05) is 30.6 Å². The molecule has 0 radical (unpaired) electrons. The maximum atomic E-state index is 13.4. The molecule has 1 amide bonds. The summed E-state index contributed by atoms with van der Waals surface area (Å²) >= 11 is 0.